The molecule has 1 saturated heterocycles. The highest BCUT2D eigenvalue weighted by Crippen LogP contribution is 2.29. The molecular weight excluding hydrogens is 236 g/mol. The first-order valence-electron chi connectivity index (χ1n) is 8.08. The van der Waals surface area contributed by atoms with E-state index < -0.39 is 0 Å². The van der Waals surface area contributed by atoms with Gasteiger partial charge in [-0.1, -0.05) is 33.6 Å². The summed E-state index contributed by atoms with van der Waals surface area (Å²) in [5.41, 5.74) is 0.323. The molecule has 0 radical (unpaired) electrons. The van der Waals surface area contributed by atoms with Gasteiger partial charge in [0.05, 0.1) is 6.61 Å². The zero-order valence-electron chi connectivity index (χ0n) is 13.5. The summed E-state index contributed by atoms with van der Waals surface area (Å²) < 4.78 is 5.78. The van der Waals surface area contributed by atoms with Crippen molar-refractivity contribution in [3.63, 3.8) is 0 Å². The average Bonchev–Trinajstić information content (AvgIpc) is 2.38. The highest BCUT2D eigenvalue weighted by atomic mass is 16.5. The van der Waals surface area contributed by atoms with Crippen LogP contribution in [0.25, 0.3) is 0 Å². The van der Waals surface area contributed by atoms with Gasteiger partial charge in [0, 0.05) is 31.2 Å². The van der Waals surface area contributed by atoms with Gasteiger partial charge in [-0.3, -0.25) is 0 Å². The van der Waals surface area contributed by atoms with E-state index in [0.717, 1.165) is 26.3 Å². The maximum Gasteiger partial charge on any atom is 0.0546 e. The SMILES string of the molecule is CCCCCN(C)CC1(CNC(C)C)CCCOC1. The molecule has 1 heterocycles. The van der Waals surface area contributed by atoms with E-state index >= 15 is 0 Å². The second-order valence-electron chi connectivity index (χ2n) is 6.64. The molecule has 1 N–H and O–H groups in total. The first kappa shape index (κ1) is 16.9. The van der Waals surface area contributed by atoms with E-state index in [1.54, 1.807) is 0 Å². The fraction of sp³-hybridized carbons (Fsp3) is 1.00. The summed E-state index contributed by atoms with van der Waals surface area (Å²) in [6, 6.07) is 0.559. The van der Waals surface area contributed by atoms with Crippen LogP contribution >= 0.6 is 0 Å². The lowest BCUT2D eigenvalue weighted by molar-refractivity contribution is -0.0236. The van der Waals surface area contributed by atoms with Crippen LogP contribution in [-0.4, -0.2) is 50.8 Å². The van der Waals surface area contributed by atoms with E-state index in [4.69, 9.17) is 4.74 Å². The van der Waals surface area contributed by atoms with Gasteiger partial charge in [-0.25, -0.2) is 0 Å². The van der Waals surface area contributed by atoms with Crippen LogP contribution in [0.1, 0.15) is 52.9 Å². The Morgan fingerprint density at radius 3 is 2.68 bits per heavy atom. The fourth-order valence-electron chi connectivity index (χ4n) is 2.93. The van der Waals surface area contributed by atoms with Crippen molar-refractivity contribution in [2.24, 2.45) is 5.41 Å². The van der Waals surface area contributed by atoms with Crippen molar-refractivity contribution in [2.75, 3.05) is 39.9 Å². The van der Waals surface area contributed by atoms with Crippen molar-refractivity contribution >= 4 is 0 Å². The van der Waals surface area contributed by atoms with Gasteiger partial charge in [0.1, 0.15) is 0 Å². The van der Waals surface area contributed by atoms with Crippen LogP contribution in [0.3, 0.4) is 0 Å². The Hall–Kier alpha value is -0.120. The third kappa shape index (κ3) is 6.73. The molecule has 1 aliphatic rings. The molecule has 1 aliphatic heterocycles. The Bertz CT molecular complexity index is 225. The van der Waals surface area contributed by atoms with Gasteiger partial charge in [0.25, 0.3) is 0 Å². The summed E-state index contributed by atoms with van der Waals surface area (Å²) in [4.78, 5) is 2.51. The number of ether oxygens (including phenoxy) is 1. The van der Waals surface area contributed by atoms with Crippen LogP contribution in [0.2, 0.25) is 0 Å². The molecule has 3 nitrogen and oxygen atoms in total. The highest BCUT2D eigenvalue weighted by Gasteiger charge is 2.33. The van der Waals surface area contributed by atoms with Crippen molar-refractivity contribution < 1.29 is 4.74 Å². The van der Waals surface area contributed by atoms with Crippen LogP contribution < -0.4 is 5.32 Å². The number of unbranched alkanes of at least 4 members (excludes halogenated alkanes) is 2. The van der Waals surface area contributed by atoms with E-state index in [9.17, 15) is 0 Å². The molecule has 0 saturated carbocycles. The molecule has 114 valence electrons. The van der Waals surface area contributed by atoms with Gasteiger partial charge < -0.3 is 15.0 Å². The molecule has 1 atom stereocenters. The minimum Gasteiger partial charge on any atom is -0.381 e. The zero-order chi connectivity index (χ0) is 14.1. The minimum atomic E-state index is 0.323. The number of nitrogens with one attached hydrogen (secondary N) is 1. The zero-order valence-corrected chi connectivity index (χ0v) is 13.5. The molecule has 0 spiro atoms. The van der Waals surface area contributed by atoms with E-state index in [1.165, 1.54) is 38.6 Å². The van der Waals surface area contributed by atoms with Crippen LogP contribution in [0, 0.1) is 5.41 Å². The molecule has 0 bridgehead atoms. The number of hydrogen-bond acceptors (Lipinski definition) is 3. The molecule has 0 aromatic carbocycles. The van der Waals surface area contributed by atoms with E-state index in [1.807, 2.05) is 0 Å². The van der Waals surface area contributed by atoms with Crippen LogP contribution in [0.5, 0.6) is 0 Å². The normalized spacial score (nSPS) is 24.3. The third-order valence-electron chi connectivity index (χ3n) is 4.04. The van der Waals surface area contributed by atoms with E-state index in [0.29, 0.717) is 11.5 Å². The van der Waals surface area contributed by atoms with Gasteiger partial charge in [-0.05, 0) is 32.9 Å². The third-order valence-corrected chi connectivity index (χ3v) is 4.04. The van der Waals surface area contributed by atoms with Gasteiger partial charge >= 0.3 is 0 Å². The first-order chi connectivity index (χ1) is 9.08. The van der Waals surface area contributed by atoms with Crippen molar-refractivity contribution in [3.8, 4) is 0 Å². The lowest BCUT2D eigenvalue weighted by Gasteiger charge is -2.40. The van der Waals surface area contributed by atoms with Crippen molar-refractivity contribution in [2.45, 2.75) is 58.9 Å². The van der Waals surface area contributed by atoms with Gasteiger partial charge in [-0.15, -0.1) is 0 Å². The molecule has 3 heteroatoms. The lowest BCUT2D eigenvalue weighted by atomic mass is 9.81. The molecule has 0 amide bonds. The predicted molar refractivity (Wildman–Crippen MR) is 82.6 cm³/mol. The van der Waals surface area contributed by atoms with Crippen LogP contribution in [-0.2, 0) is 4.74 Å². The molecule has 19 heavy (non-hydrogen) atoms. The minimum absolute atomic E-state index is 0.323. The van der Waals surface area contributed by atoms with Gasteiger partial charge in [0.15, 0.2) is 0 Å². The molecule has 0 aromatic rings. The topological polar surface area (TPSA) is 24.5 Å². The summed E-state index contributed by atoms with van der Waals surface area (Å²) in [6.45, 7) is 12.1. The summed E-state index contributed by atoms with van der Waals surface area (Å²) >= 11 is 0. The lowest BCUT2D eigenvalue weighted by Crippen LogP contribution is -2.49. The van der Waals surface area contributed by atoms with Crippen molar-refractivity contribution in [3.05, 3.63) is 0 Å². The molecule has 0 aliphatic carbocycles. The summed E-state index contributed by atoms with van der Waals surface area (Å²) in [6.07, 6.45) is 6.48. The second kappa shape index (κ2) is 8.93. The first-order valence-corrected chi connectivity index (χ1v) is 8.08. The van der Waals surface area contributed by atoms with Crippen LogP contribution in [0.15, 0.2) is 0 Å². The highest BCUT2D eigenvalue weighted by molar-refractivity contribution is 4.87. The fourth-order valence-corrected chi connectivity index (χ4v) is 2.93. The molecule has 1 rings (SSSR count). The molecule has 1 unspecified atom stereocenters. The van der Waals surface area contributed by atoms with Crippen LogP contribution in [0.4, 0.5) is 0 Å². The standard InChI is InChI=1S/C16H34N2O/c1-5-6-7-10-18(4)13-16(12-17-15(2)3)9-8-11-19-14-16/h15,17H,5-14H2,1-4H3. The summed E-state index contributed by atoms with van der Waals surface area (Å²) in [7, 11) is 2.27. The predicted octanol–water partition coefficient (Wildman–Crippen LogP) is 2.90. The van der Waals surface area contributed by atoms with Gasteiger partial charge in [-0.2, -0.15) is 0 Å². The number of nitrogens with zero attached hydrogens (tertiary/aromatic N) is 1. The Morgan fingerprint density at radius 2 is 2.11 bits per heavy atom. The molecule has 0 aromatic heterocycles. The Kier molecular flexibility index (Phi) is 7.96. The Morgan fingerprint density at radius 1 is 1.32 bits per heavy atom. The molecular formula is C16H34N2O. The van der Waals surface area contributed by atoms with Gasteiger partial charge in [0.2, 0.25) is 0 Å². The van der Waals surface area contributed by atoms with E-state index in [-0.39, 0.29) is 0 Å². The number of hydrogen-bond donors (Lipinski definition) is 1. The second-order valence-corrected chi connectivity index (χ2v) is 6.64. The van der Waals surface area contributed by atoms with Crippen molar-refractivity contribution in [1.82, 2.24) is 10.2 Å². The summed E-state index contributed by atoms with van der Waals surface area (Å²) in [5, 5.41) is 3.62. The van der Waals surface area contributed by atoms with Crippen molar-refractivity contribution in [1.29, 1.82) is 0 Å². The Balaban J connectivity index is 2.43. The Labute approximate surface area is 120 Å². The number of rotatable bonds is 9. The van der Waals surface area contributed by atoms with E-state index in [2.05, 4.69) is 38.0 Å². The largest absolute Gasteiger partial charge is 0.381 e. The quantitative estimate of drug-likeness (QED) is 0.652. The maximum absolute atomic E-state index is 5.78. The maximum atomic E-state index is 5.78. The summed E-state index contributed by atoms with van der Waals surface area (Å²) in [5.74, 6) is 0. The monoisotopic (exact) mass is 270 g/mol. The molecule has 1 fully saturated rings. The smallest absolute Gasteiger partial charge is 0.0546 e. The average molecular weight is 270 g/mol.